The van der Waals surface area contributed by atoms with Crippen LogP contribution < -0.4 is 10.5 Å². The zero-order valence-electron chi connectivity index (χ0n) is 13.3. The summed E-state index contributed by atoms with van der Waals surface area (Å²) in [6, 6.07) is 3.78. The number of fused-ring (bicyclic) bond motifs is 1. The monoisotopic (exact) mass is 364 g/mol. The van der Waals surface area contributed by atoms with Gasteiger partial charge in [-0.3, -0.25) is 14.5 Å². The molecule has 25 heavy (non-hydrogen) atoms. The fourth-order valence-electron chi connectivity index (χ4n) is 2.87. The number of thioether (sulfide) groups is 1. The van der Waals surface area contributed by atoms with Crippen LogP contribution in [0.1, 0.15) is 12.5 Å². The fourth-order valence-corrected chi connectivity index (χ4v) is 4.16. The molecule has 1 unspecified atom stereocenters. The average Bonchev–Trinajstić information content (AvgIpc) is 2.56. The van der Waals surface area contributed by atoms with Crippen molar-refractivity contribution < 1.29 is 29.3 Å². The molecule has 0 bridgehead atoms. The second-order valence-electron chi connectivity index (χ2n) is 5.77. The number of ether oxygens (including phenoxy) is 1. The van der Waals surface area contributed by atoms with Crippen molar-refractivity contribution in [3.8, 4) is 11.5 Å². The molecule has 1 aromatic rings. The van der Waals surface area contributed by atoms with Crippen molar-refractivity contribution >= 4 is 29.6 Å². The van der Waals surface area contributed by atoms with E-state index in [0.717, 1.165) is 0 Å². The molecule has 1 aromatic carbocycles. The molecular weight excluding hydrogens is 348 g/mol. The maximum Gasteiger partial charge on any atom is 0.352 e. The molecule has 0 aliphatic carbocycles. The van der Waals surface area contributed by atoms with Gasteiger partial charge in [-0.2, -0.15) is 0 Å². The van der Waals surface area contributed by atoms with Crippen LogP contribution >= 0.6 is 11.8 Å². The number of β-lactam (4-membered cyclic amide) rings is 1. The second-order valence-corrected chi connectivity index (χ2v) is 6.87. The third-order valence-corrected chi connectivity index (χ3v) is 5.35. The minimum absolute atomic E-state index is 0.00543. The Morgan fingerprint density at radius 1 is 1.44 bits per heavy atom. The largest absolute Gasteiger partial charge is 0.504 e. The Kier molecular flexibility index (Phi) is 4.44. The summed E-state index contributed by atoms with van der Waals surface area (Å²) in [5.41, 5.74) is 6.89. The zero-order chi connectivity index (χ0) is 18.3. The summed E-state index contributed by atoms with van der Waals surface area (Å²) >= 11 is 1.42. The molecule has 9 heteroatoms. The van der Waals surface area contributed by atoms with Crippen LogP contribution in [0.5, 0.6) is 11.5 Å². The van der Waals surface area contributed by atoms with Crippen LogP contribution in [0.4, 0.5) is 0 Å². The zero-order valence-corrected chi connectivity index (χ0v) is 14.1. The fraction of sp³-hybridized carbons (Fsp3) is 0.312. The molecule has 2 heterocycles. The minimum atomic E-state index is -1.18. The van der Waals surface area contributed by atoms with E-state index in [9.17, 15) is 24.6 Å². The molecule has 1 saturated heterocycles. The molecule has 0 aromatic heterocycles. The predicted molar refractivity (Wildman–Crippen MR) is 88.8 cm³/mol. The molecule has 1 amide bonds. The molecule has 3 rings (SSSR count). The number of phenols is 1. The molecule has 2 aliphatic rings. The van der Waals surface area contributed by atoms with Gasteiger partial charge in [0.2, 0.25) is 5.91 Å². The van der Waals surface area contributed by atoms with Gasteiger partial charge in [0.05, 0.1) is 0 Å². The van der Waals surface area contributed by atoms with Gasteiger partial charge >= 0.3 is 11.9 Å². The number of carboxylic acid groups (broad SMARTS) is 1. The van der Waals surface area contributed by atoms with Crippen LogP contribution in [-0.2, 0) is 20.8 Å². The Bertz CT molecular complexity index is 806. The molecule has 132 valence electrons. The SMILES string of the molecule is CC(=O)Oc1cc(CC2=C(C(=O)O)N3C(=O)C(N)[C@H]3SC2)ccc1O. The molecule has 0 radical (unpaired) electrons. The predicted octanol–water partition coefficient (Wildman–Crippen LogP) is 0.441. The first-order chi connectivity index (χ1) is 11.8. The summed E-state index contributed by atoms with van der Waals surface area (Å²) in [5, 5.41) is 18.9. The van der Waals surface area contributed by atoms with Crippen molar-refractivity contribution in [3.05, 3.63) is 35.0 Å². The first kappa shape index (κ1) is 17.3. The summed E-state index contributed by atoms with van der Waals surface area (Å²) in [5.74, 6) is -1.92. The lowest BCUT2D eigenvalue weighted by molar-refractivity contribution is -0.148. The highest BCUT2D eigenvalue weighted by molar-refractivity contribution is 8.00. The number of hydrogen-bond donors (Lipinski definition) is 3. The number of hydrogen-bond acceptors (Lipinski definition) is 7. The normalized spacial score (nSPS) is 22.3. The maximum atomic E-state index is 11.9. The van der Waals surface area contributed by atoms with Crippen molar-refractivity contribution in [1.82, 2.24) is 4.90 Å². The molecular formula is C16H16N2O6S. The van der Waals surface area contributed by atoms with Gasteiger partial charge in [0.25, 0.3) is 0 Å². The van der Waals surface area contributed by atoms with Gasteiger partial charge in [0, 0.05) is 12.7 Å². The summed E-state index contributed by atoms with van der Waals surface area (Å²) in [7, 11) is 0. The summed E-state index contributed by atoms with van der Waals surface area (Å²) in [6.07, 6.45) is 0.245. The number of carbonyl (C=O) groups is 3. The first-order valence-corrected chi connectivity index (χ1v) is 8.50. The van der Waals surface area contributed by atoms with Crippen LogP contribution in [0.25, 0.3) is 0 Å². The second kappa shape index (κ2) is 6.41. The number of aromatic hydroxyl groups is 1. The van der Waals surface area contributed by atoms with Gasteiger partial charge in [-0.1, -0.05) is 6.07 Å². The van der Waals surface area contributed by atoms with Crippen LogP contribution in [0, 0.1) is 0 Å². The van der Waals surface area contributed by atoms with E-state index in [2.05, 4.69) is 0 Å². The van der Waals surface area contributed by atoms with E-state index in [4.69, 9.17) is 10.5 Å². The third-order valence-electron chi connectivity index (χ3n) is 3.99. The molecule has 2 atom stereocenters. The van der Waals surface area contributed by atoms with Crippen molar-refractivity contribution in [2.45, 2.75) is 24.8 Å². The number of nitrogens with two attached hydrogens (primary N) is 1. The Morgan fingerprint density at radius 2 is 2.16 bits per heavy atom. The molecule has 8 nitrogen and oxygen atoms in total. The van der Waals surface area contributed by atoms with Gasteiger partial charge in [-0.05, 0) is 29.7 Å². The lowest BCUT2D eigenvalue weighted by Gasteiger charge is -2.48. The average molecular weight is 364 g/mol. The van der Waals surface area contributed by atoms with E-state index >= 15 is 0 Å². The van der Waals surface area contributed by atoms with Gasteiger partial charge in [-0.25, -0.2) is 4.79 Å². The van der Waals surface area contributed by atoms with Crippen molar-refractivity contribution in [3.63, 3.8) is 0 Å². The highest BCUT2D eigenvalue weighted by Crippen LogP contribution is 2.40. The minimum Gasteiger partial charge on any atom is -0.504 e. The van der Waals surface area contributed by atoms with E-state index in [0.29, 0.717) is 16.9 Å². The molecule has 4 N–H and O–H groups in total. The van der Waals surface area contributed by atoms with E-state index in [1.165, 1.54) is 35.7 Å². The van der Waals surface area contributed by atoms with Gasteiger partial charge in [0.15, 0.2) is 11.5 Å². The number of esters is 1. The first-order valence-electron chi connectivity index (χ1n) is 7.45. The van der Waals surface area contributed by atoms with E-state index in [1.54, 1.807) is 6.07 Å². The van der Waals surface area contributed by atoms with Gasteiger partial charge in [-0.15, -0.1) is 11.8 Å². The van der Waals surface area contributed by atoms with Crippen LogP contribution in [0.15, 0.2) is 29.5 Å². The quantitative estimate of drug-likeness (QED) is 0.399. The lowest BCUT2D eigenvalue weighted by Crippen LogP contribution is -2.68. The molecule has 2 aliphatic heterocycles. The van der Waals surface area contributed by atoms with Gasteiger partial charge < -0.3 is 20.7 Å². The van der Waals surface area contributed by atoms with Crippen molar-refractivity contribution in [1.29, 1.82) is 0 Å². The maximum absolute atomic E-state index is 11.9. The number of aliphatic carboxylic acids is 1. The third kappa shape index (κ3) is 3.08. The topological polar surface area (TPSA) is 130 Å². The molecule has 0 saturated carbocycles. The van der Waals surface area contributed by atoms with Crippen molar-refractivity contribution in [2.24, 2.45) is 5.73 Å². The number of benzene rings is 1. The highest BCUT2D eigenvalue weighted by atomic mass is 32.2. The van der Waals surface area contributed by atoms with E-state index in [1.807, 2.05) is 0 Å². The van der Waals surface area contributed by atoms with Crippen LogP contribution in [0.2, 0.25) is 0 Å². The number of amides is 1. The Balaban J connectivity index is 1.92. The Morgan fingerprint density at radius 3 is 2.80 bits per heavy atom. The summed E-state index contributed by atoms with van der Waals surface area (Å²) in [6.45, 7) is 1.22. The number of nitrogens with zero attached hydrogens (tertiary/aromatic N) is 1. The van der Waals surface area contributed by atoms with Gasteiger partial charge in [0.1, 0.15) is 17.1 Å². The highest BCUT2D eigenvalue weighted by Gasteiger charge is 2.51. The number of phenolic OH excluding ortho intramolecular Hbond substituents is 1. The van der Waals surface area contributed by atoms with Crippen LogP contribution in [0.3, 0.4) is 0 Å². The Labute approximate surface area is 147 Å². The standard InChI is InChI=1S/C16H16N2O6S/c1-7(19)24-11-5-8(2-3-10(11)20)4-9-6-25-15-12(17)14(21)18(15)13(9)16(22)23/h2-3,5,12,15,20H,4,6,17H2,1H3,(H,22,23)/t12?,15-/m1/s1. The molecule has 1 fully saturated rings. The number of carbonyl (C=O) groups excluding carboxylic acids is 2. The summed E-state index contributed by atoms with van der Waals surface area (Å²) < 4.78 is 4.92. The van der Waals surface area contributed by atoms with Crippen LogP contribution in [-0.4, -0.2) is 50.1 Å². The van der Waals surface area contributed by atoms with E-state index < -0.39 is 23.9 Å². The number of rotatable bonds is 4. The number of carboxylic acids is 1. The molecule has 0 spiro atoms. The lowest BCUT2D eigenvalue weighted by atomic mass is 9.99. The van der Waals surface area contributed by atoms with Crippen molar-refractivity contribution in [2.75, 3.05) is 5.75 Å². The summed E-state index contributed by atoms with van der Waals surface area (Å²) in [4.78, 5) is 35.9. The van der Waals surface area contributed by atoms with E-state index in [-0.39, 0.29) is 29.0 Å². The Hall–Kier alpha value is -2.52. The smallest absolute Gasteiger partial charge is 0.352 e.